The van der Waals surface area contributed by atoms with Gasteiger partial charge in [0.1, 0.15) is 0 Å². The van der Waals surface area contributed by atoms with Crippen LogP contribution in [0.1, 0.15) is 48.5 Å². The van der Waals surface area contributed by atoms with Crippen molar-refractivity contribution in [3.05, 3.63) is 0 Å². The van der Waals surface area contributed by atoms with Crippen LogP contribution < -0.4 is 0 Å². The molecule has 1 aliphatic heterocycles. The predicted octanol–water partition coefficient (Wildman–Crippen LogP) is 3.73. The quantitative estimate of drug-likeness (QED) is 0.576. The molecule has 84 valence electrons. The number of hydrogen-bond acceptors (Lipinski definition) is 1. The molecule has 1 rings (SSSR count). The third-order valence-corrected chi connectivity index (χ3v) is 4.09. The van der Waals surface area contributed by atoms with Gasteiger partial charge in [0.25, 0.3) is 0 Å². The van der Waals surface area contributed by atoms with Gasteiger partial charge in [0.05, 0.1) is 12.2 Å². The van der Waals surface area contributed by atoms with Crippen LogP contribution in [0.3, 0.4) is 0 Å². The van der Waals surface area contributed by atoms with E-state index < -0.39 is 0 Å². The lowest BCUT2D eigenvalue weighted by atomic mass is 9.70. The zero-order valence-electron chi connectivity index (χ0n) is 10.8. The molecule has 0 aromatic rings. The molecule has 0 aliphatic carbocycles. The van der Waals surface area contributed by atoms with E-state index in [-0.39, 0.29) is 5.41 Å². The highest BCUT2D eigenvalue weighted by atomic mass is 16.5. The largest absolute Gasteiger partial charge is 0.374 e. The second-order valence-electron chi connectivity index (χ2n) is 6.21. The van der Waals surface area contributed by atoms with E-state index in [0.717, 1.165) is 5.92 Å². The van der Waals surface area contributed by atoms with E-state index in [9.17, 15) is 0 Å². The highest BCUT2D eigenvalue weighted by Gasteiger charge is 2.42. The summed E-state index contributed by atoms with van der Waals surface area (Å²) in [6.45, 7) is 16.1. The van der Waals surface area contributed by atoms with Crippen molar-refractivity contribution in [2.45, 2.75) is 60.7 Å². The van der Waals surface area contributed by atoms with E-state index in [1.54, 1.807) is 0 Å². The van der Waals surface area contributed by atoms with E-state index in [0.29, 0.717) is 24.0 Å². The maximum Gasteiger partial charge on any atom is 0.0655 e. The van der Waals surface area contributed by atoms with Crippen molar-refractivity contribution in [1.29, 1.82) is 0 Å². The fourth-order valence-electron chi connectivity index (χ4n) is 2.65. The van der Waals surface area contributed by atoms with Crippen LogP contribution in [0, 0.1) is 23.2 Å². The van der Waals surface area contributed by atoms with Crippen LogP contribution in [0.4, 0.5) is 0 Å². The van der Waals surface area contributed by atoms with Crippen molar-refractivity contribution in [3.63, 3.8) is 0 Å². The van der Waals surface area contributed by atoms with Gasteiger partial charge in [-0.15, -0.1) is 0 Å². The third kappa shape index (κ3) is 2.13. The standard InChI is InChI=1S/C13H26O/c1-8-9(2)11(4)14-12(10(8)3)13(5,6)7/h8-12H,1-7H3/t8?,9-,10?,11+,12-/m1/s1. The molecule has 5 atom stereocenters. The predicted molar refractivity (Wildman–Crippen MR) is 61.3 cm³/mol. The van der Waals surface area contributed by atoms with Crippen molar-refractivity contribution >= 4 is 0 Å². The molecule has 2 unspecified atom stereocenters. The zero-order chi connectivity index (χ0) is 11.1. The summed E-state index contributed by atoms with van der Waals surface area (Å²) >= 11 is 0. The molecular weight excluding hydrogens is 172 g/mol. The second-order valence-corrected chi connectivity index (χ2v) is 6.21. The number of rotatable bonds is 0. The van der Waals surface area contributed by atoms with Crippen LogP contribution >= 0.6 is 0 Å². The van der Waals surface area contributed by atoms with E-state index in [2.05, 4.69) is 48.5 Å². The van der Waals surface area contributed by atoms with Crippen molar-refractivity contribution in [1.82, 2.24) is 0 Å². The van der Waals surface area contributed by atoms with E-state index in [1.807, 2.05) is 0 Å². The zero-order valence-corrected chi connectivity index (χ0v) is 10.8. The molecule has 0 amide bonds. The van der Waals surface area contributed by atoms with Gasteiger partial charge >= 0.3 is 0 Å². The van der Waals surface area contributed by atoms with Crippen LogP contribution in [0.25, 0.3) is 0 Å². The van der Waals surface area contributed by atoms with Gasteiger partial charge in [-0.25, -0.2) is 0 Å². The number of ether oxygens (including phenoxy) is 1. The monoisotopic (exact) mass is 198 g/mol. The molecule has 0 saturated carbocycles. The Labute approximate surface area is 89.2 Å². The average Bonchev–Trinajstić information content (AvgIpc) is 2.06. The van der Waals surface area contributed by atoms with Gasteiger partial charge in [0.15, 0.2) is 0 Å². The van der Waals surface area contributed by atoms with Crippen LogP contribution in [0.15, 0.2) is 0 Å². The molecule has 0 spiro atoms. The summed E-state index contributed by atoms with van der Waals surface area (Å²) < 4.78 is 6.15. The number of hydrogen-bond donors (Lipinski definition) is 0. The molecule has 1 saturated heterocycles. The Hall–Kier alpha value is -0.0400. The molecule has 0 aromatic carbocycles. The second kappa shape index (κ2) is 3.84. The SMILES string of the molecule is CC1C(C)[C@H](C(C)(C)C)O[C@@H](C)[C@@H]1C. The molecule has 1 heterocycles. The lowest BCUT2D eigenvalue weighted by Gasteiger charge is -2.47. The fraction of sp³-hybridized carbons (Fsp3) is 1.00. The molecule has 1 nitrogen and oxygen atoms in total. The fourth-order valence-corrected chi connectivity index (χ4v) is 2.65. The molecule has 14 heavy (non-hydrogen) atoms. The molecular formula is C13H26O. The third-order valence-electron chi connectivity index (χ3n) is 4.09. The Balaban J connectivity index is 2.81. The first kappa shape index (κ1) is 12.0. The molecule has 0 N–H and O–H groups in total. The van der Waals surface area contributed by atoms with Gasteiger partial charge < -0.3 is 4.74 Å². The molecule has 1 aliphatic rings. The first-order chi connectivity index (χ1) is 6.25. The first-order valence-electron chi connectivity index (χ1n) is 5.90. The summed E-state index contributed by atoms with van der Waals surface area (Å²) in [5.41, 5.74) is 0.266. The summed E-state index contributed by atoms with van der Waals surface area (Å²) in [5.74, 6) is 2.12. The van der Waals surface area contributed by atoms with Crippen LogP contribution in [0.5, 0.6) is 0 Å². The van der Waals surface area contributed by atoms with Crippen LogP contribution in [-0.2, 0) is 4.74 Å². The Morgan fingerprint density at radius 2 is 1.29 bits per heavy atom. The maximum atomic E-state index is 6.15. The van der Waals surface area contributed by atoms with Crippen LogP contribution in [0.2, 0.25) is 0 Å². The van der Waals surface area contributed by atoms with Gasteiger partial charge in [-0.2, -0.15) is 0 Å². The van der Waals surface area contributed by atoms with Crippen molar-refractivity contribution in [3.8, 4) is 0 Å². The van der Waals surface area contributed by atoms with Crippen molar-refractivity contribution in [2.75, 3.05) is 0 Å². The first-order valence-corrected chi connectivity index (χ1v) is 5.90. The van der Waals surface area contributed by atoms with Crippen molar-refractivity contribution in [2.24, 2.45) is 23.2 Å². The minimum Gasteiger partial charge on any atom is -0.374 e. The van der Waals surface area contributed by atoms with E-state index >= 15 is 0 Å². The lowest BCUT2D eigenvalue weighted by molar-refractivity contribution is -0.163. The molecule has 1 fully saturated rings. The Kier molecular flexibility index (Phi) is 3.30. The van der Waals surface area contributed by atoms with Crippen molar-refractivity contribution < 1.29 is 4.74 Å². The minimum absolute atomic E-state index is 0.266. The van der Waals surface area contributed by atoms with Gasteiger partial charge in [-0.3, -0.25) is 0 Å². The highest BCUT2D eigenvalue weighted by Crippen LogP contribution is 2.41. The topological polar surface area (TPSA) is 9.23 Å². The van der Waals surface area contributed by atoms with Crippen LogP contribution in [-0.4, -0.2) is 12.2 Å². The highest BCUT2D eigenvalue weighted by molar-refractivity contribution is 4.89. The van der Waals surface area contributed by atoms with Gasteiger partial charge in [0, 0.05) is 0 Å². The summed E-state index contributed by atoms with van der Waals surface area (Å²) in [4.78, 5) is 0. The summed E-state index contributed by atoms with van der Waals surface area (Å²) in [7, 11) is 0. The molecule has 1 heteroatoms. The lowest BCUT2D eigenvalue weighted by Crippen LogP contribution is -2.48. The Morgan fingerprint density at radius 1 is 0.786 bits per heavy atom. The summed E-state index contributed by atoms with van der Waals surface area (Å²) in [5, 5.41) is 0. The average molecular weight is 198 g/mol. The maximum absolute atomic E-state index is 6.15. The molecule has 0 aromatic heterocycles. The van der Waals surface area contributed by atoms with E-state index in [4.69, 9.17) is 4.74 Å². The van der Waals surface area contributed by atoms with Gasteiger partial charge in [-0.1, -0.05) is 41.5 Å². The summed E-state index contributed by atoms with van der Waals surface area (Å²) in [6.07, 6.45) is 0.814. The van der Waals surface area contributed by atoms with E-state index in [1.165, 1.54) is 0 Å². The molecule has 0 radical (unpaired) electrons. The normalized spacial score (nSPS) is 45.2. The Bertz CT molecular complexity index is 192. The minimum atomic E-state index is 0.266. The Morgan fingerprint density at radius 3 is 1.71 bits per heavy atom. The molecule has 0 bridgehead atoms. The van der Waals surface area contributed by atoms with Gasteiger partial charge in [0.2, 0.25) is 0 Å². The summed E-state index contributed by atoms with van der Waals surface area (Å²) in [6, 6.07) is 0. The van der Waals surface area contributed by atoms with Gasteiger partial charge in [-0.05, 0) is 30.1 Å². The smallest absolute Gasteiger partial charge is 0.0655 e.